The van der Waals surface area contributed by atoms with Gasteiger partial charge < -0.3 is 15.2 Å². The molecule has 0 atom stereocenters. The summed E-state index contributed by atoms with van der Waals surface area (Å²) in [6.07, 6.45) is 1.70. The first-order valence-electron chi connectivity index (χ1n) is 8.91. The number of benzene rings is 2. The summed E-state index contributed by atoms with van der Waals surface area (Å²) in [5, 5.41) is 3.07. The zero-order valence-electron chi connectivity index (χ0n) is 14.4. The number of fused-ring (bicyclic) bond motifs is 1. The number of imidazole rings is 1. The number of hydrogen-bond donors (Lipinski definition) is 2. The molecule has 0 spiro atoms. The number of carbonyl (C=O) groups is 1. The van der Waals surface area contributed by atoms with Crippen LogP contribution in [0.15, 0.2) is 53.0 Å². The Bertz CT molecular complexity index is 882. The van der Waals surface area contributed by atoms with Crippen molar-refractivity contribution in [3.63, 3.8) is 0 Å². The summed E-state index contributed by atoms with van der Waals surface area (Å²) in [4.78, 5) is 22.7. The van der Waals surface area contributed by atoms with E-state index in [9.17, 15) is 4.79 Å². The number of anilines is 1. The van der Waals surface area contributed by atoms with Gasteiger partial charge in [-0.25, -0.2) is 4.98 Å². The van der Waals surface area contributed by atoms with E-state index < -0.39 is 0 Å². The van der Waals surface area contributed by atoms with Gasteiger partial charge in [-0.15, -0.1) is 0 Å². The van der Waals surface area contributed by atoms with E-state index in [4.69, 9.17) is 0 Å². The molecule has 2 aromatic carbocycles. The normalized spacial score (nSPS) is 15.3. The molecule has 0 aliphatic carbocycles. The van der Waals surface area contributed by atoms with Crippen LogP contribution in [0, 0.1) is 5.92 Å². The number of aromatic nitrogens is 2. The van der Waals surface area contributed by atoms with Gasteiger partial charge in [0.15, 0.2) is 0 Å². The van der Waals surface area contributed by atoms with Crippen LogP contribution in [0.2, 0.25) is 0 Å². The van der Waals surface area contributed by atoms with Gasteiger partial charge in [0.25, 0.3) is 0 Å². The molecule has 0 radical (unpaired) electrons. The number of hydrogen-bond acceptors (Lipinski definition) is 3. The minimum absolute atomic E-state index is 0.0720. The van der Waals surface area contributed by atoms with Crippen molar-refractivity contribution < 1.29 is 4.79 Å². The molecule has 1 aliphatic heterocycles. The number of nitrogens with zero attached hydrogens (tertiary/aromatic N) is 2. The molecule has 1 fully saturated rings. The molecule has 0 saturated carbocycles. The van der Waals surface area contributed by atoms with Crippen molar-refractivity contribution in [1.82, 2.24) is 15.3 Å². The van der Waals surface area contributed by atoms with E-state index in [-0.39, 0.29) is 11.8 Å². The lowest BCUT2D eigenvalue weighted by Gasteiger charge is -2.31. The molecule has 6 heteroatoms. The Morgan fingerprint density at radius 1 is 1.19 bits per heavy atom. The monoisotopic (exact) mass is 412 g/mol. The minimum atomic E-state index is 0.0720. The molecule has 26 heavy (non-hydrogen) atoms. The SMILES string of the molecule is O=C(NCc1cccc(Br)c1)C1CCN(c2nc3ccccc3[nH]2)CC1. The molecule has 4 rings (SSSR count). The predicted molar refractivity (Wildman–Crippen MR) is 107 cm³/mol. The van der Waals surface area contributed by atoms with Crippen LogP contribution in [-0.2, 0) is 11.3 Å². The summed E-state index contributed by atoms with van der Waals surface area (Å²) < 4.78 is 1.03. The van der Waals surface area contributed by atoms with Gasteiger partial charge in [0, 0.05) is 30.0 Å². The maximum absolute atomic E-state index is 12.5. The van der Waals surface area contributed by atoms with Crippen LogP contribution in [0.1, 0.15) is 18.4 Å². The fourth-order valence-electron chi connectivity index (χ4n) is 3.42. The maximum Gasteiger partial charge on any atom is 0.223 e. The molecule has 2 heterocycles. The molecule has 1 aliphatic rings. The standard InChI is InChI=1S/C20H21BrN4O/c21-16-5-3-4-14(12-16)13-22-19(26)15-8-10-25(11-9-15)20-23-17-6-1-2-7-18(17)24-20/h1-7,12,15H,8-11,13H2,(H,22,26)(H,23,24). The second-order valence-corrected chi connectivity index (χ2v) is 7.60. The van der Waals surface area contributed by atoms with Gasteiger partial charge in [0.05, 0.1) is 11.0 Å². The van der Waals surface area contributed by atoms with Crippen molar-refractivity contribution in [3.8, 4) is 0 Å². The summed E-state index contributed by atoms with van der Waals surface area (Å²) in [6.45, 7) is 2.26. The number of H-pyrrole nitrogens is 1. The molecule has 1 saturated heterocycles. The summed E-state index contributed by atoms with van der Waals surface area (Å²) >= 11 is 3.46. The third kappa shape index (κ3) is 3.75. The Morgan fingerprint density at radius 3 is 2.77 bits per heavy atom. The zero-order chi connectivity index (χ0) is 17.9. The number of carbonyl (C=O) groups excluding carboxylic acids is 1. The van der Waals surface area contributed by atoms with Crippen molar-refractivity contribution in [3.05, 3.63) is 58.6 Å². The van der Waals surface area contributed by atoms with Crippen LogP contribution < -0.4 is 10.2 Å². The van der Waals surface area contributed by atoms with Crippen molar-refractivity contribution in [2.45, 2.75) is 19.4 Å². The van der Waals surface area contributed by atoms with E-state index in [2.05, 4.69) is 36.1 Å². The second kappa shape index (κ2) is 7.50. The Morgan fingerprint density at radius 2 is 2.00 bits per heavy atom. The van der Waals surface area contributed by atoms with Crippen molar-refractivity contribution >= 4 is 38.8 Å². The number of nitrogens with one attached hydrogen (secondary N) is 2. The summed E-state index contributed by atoms with van der Waals surface area (Å²) in [6, 6.07) is 16.1. The van der Waals surface area contributed by atoms with Gasteiger partial charge in [-0.1, -0.05) is 40.2 Å². The number of rotatable bonds is 4. The Labute approximate surface area is 160 Å². The molecule has 5 nitrogen and oxygen atoms in total. The zero-order valence-corrected chi connectivity index (χ0v) is 16.0. The lowest BCUT2D eigenvalue weighted by Crippen LogP contribution is -2.40. The Hall–Kier alpha value is -2.34. The molecular formula is C20H21BrN4O. The third-order valence-corrected chi connectivity index (χ3v) is 5.39. The number of halogens is 1. The molecule has 134 valence electrons. The lowest BCUT2D eigenvalue weighted by atomic mass is 9.96. The summed E-state index contributed by atoms with van der Waals surface area (Å²) in [7, 11) is 0. The van der Waals surface area contributed by atoms with Gasteiger partial charge in [0.2, 0.25) is 11.9 Å². The largest absolute Gasteiger partial charge is 0.352 e. The van der Waals surface area contributed by atoms with Crippen molar-refractivity contribution in [2.24, 2.45) is 5.92 Å². The van der Waals surface area contributed by atoms with Gasteiger partial charge in [-0.05, 0) is 42.7 Å². The van der Waals surface area contributed by atoms with E-state index in [1.54, 1.807) is 0 Å². The number of amides is 1. The molecular weight excluding hydrogens is 392 g/mol. The van der Waals surface area contributed by atoms with Crippen LogP contribution in [0.3, 0.4) is 0 Å². The van der Waals surface area contributed by atoms with Crippen LogP contribution in [0.25, 0.3) is 11.0 Å². The molecule has 3 aromatic rings. The second-order valence-electron chi connectivity index (χ2n) is 6.69. The fraction of sp³-hybridized carbons (Fsp3) is 0.300. The van der Waals surface area contributed by atoms with Crippen LogP contribution >= 0.6 is 15.9 Å². The molecule has 1 aromatic heterocycles. The van der Waals surface area contributed by atoms with Gasteiger partial charge in [-0.3, -0.25) is 4.79 Å². The first-order chi connectivity index (χ1) is 12.7. The average Bonchev–Trinajstić information content (AvgIpc) is 3.10. The highest BCUT2D eigenvalue weighted by Gasteiger charge is 2.26. The topological polar surface area (TPSA) is 61.0 Å². The Balaban J connectivity index is 1.32. The molecule has 0 bridgehead atoms. The van der Waals surface area contributed by atoms with E-state index in [1.165, 1.54) is 0 Å². The summed E-state index contributed by atoms with van der Waals surface area (Å²) in [5.74, 6) is 1.12. The molecule has 1 amide bonds. The highest BCUT2D eigenvalue weighted by atomic mass is 79.9. The maximum atomic E-state index is 12.5. The first kappa shape index (κ1) is 17.1. The lowest BCUT2D eigenvalue weighted by molar-refractivity contribution is -0.125. The van der Waals surface area contributed by atoms with Crippen molar-refractivity contribution in [2.75, 3.05) is 18.0 Å². The smallest absolute Gasteiger partial charge is 0.223 e. The molecule has 0 unspecified atom stereocenters. The Kier molecular flexibility index (Phi) is 4.93. The van der Waals surface area contributed by atoms with Gasteiger partial charge in [-0.2, -0.15) is 0 Å². The minimum Gasteiger partial charge on any atom is -0.352 e. The highest BCUT2D eigenvalue weighted by Crippen LogP contribution is 2.23. The van der Waals surface area contributed by atoms with E-state index in [1.807, 2.05) is 48.5 Å². The summed E-state index contributed by atoms with van der Waals surface area (Å²) in [5.41, 5.74) is 3.14. The number of piperidine rings is 1. The highest BCUT2D eigenvalue weighted by molar-refractivity contribution is 9.10. The third-order valence-electron chi connectivity index (χ3n) is 4.90. The first-order valence-corrected chi connectivity index (χ1v) is 9.70. The quantitative estimate of drug-likeness (QED) is 0.683. The number of aromatic amines is 1. The van der Waals surface area contributed by atoms with Crippen molar-refractivity contribution in [1.29, 1.82) is 0 Å². The van der Waals surface area contributed by atoms with Crippen LogP contribution in [0.4, 0.5) is 5.95 Å². The fourth-order valence-corrected chi connectivity index (χ4v) is 3.87. The molecule has 2 N–H and O–H groups in total. The van der Waals surface area contributed by atoms with Gasteiger partial charge >= 0.3 is 0 Å². The van der Waals surface area contributed by atoms with Gasteiger partial charge in [0.1, 0.15) is 0 Å². The van der Waals surface area contributed by atoms with E-state index >= 15 is 0 Å². The average molecular weight is 413 g/mol. The van der Waals surface area contributed by atoms with E-state index in [0.717, 1.165) is 52.9 Å². The van der Waals surface area contributed by atoms with Crippen LogP contribution in [0.5, 0.6) is 0 Å². The number of para-hydroxylation sites is 2. The predicted octanol–water partition coefficient (Wildman–Crippen LogP) is 3.86. The van der Waals surface area contributed by atoms with E-state index in [0.29, 0.717) is 6.54 Å². The van der Waals surface area contributed by atoms with Crippen LogP contribution in [-0.4, -0.2) is 29.0 Å².